The lowest BCUT2D eigenvalue weighted by Gasteiger charge is -2.02. The highest BCUT2D eigenvalue weighted by Crippen LogP contribution is 2.06. The molecule has 2 aromatic heterocycles. The number of hydrogen-bond donors (Lipinski definition) is 2. The molecule has 0 aliphatic heterocycles. The number of amides is 1. The molecule has 0 bridgehead atoms. The molecule has 0 fully saturated rings. The molecule has 0 saturated heterocycles. The summed E-state index contributed by atoms with van der Waals surface area (Å²) in [4.78, 5) is 34.7. The molecule has 120 valence electrons. The van der Waals surface area contributed by atoms with Crippen molar-refractivity contribution in [2.45, 2.75) is 12.8 Å². The standard InChI is InChI=1S/C17H15N5O2/c23-16(22-19-11-12-7-9-18-10-8-12)6-5-15-17(24)21-14-4-2-1-3-13(14)20-15/h1-4,7-11H,5-6H2,(H,21,24)(H,22,23)/b19-11+. The van der Waals surface area contributed by atoms with Crippen LogP contribution in [0.2, 0.25) is 0 Å². The van der Waals surface area contributed by atoms with Crippen LogP contribution in [0.1, 0.15) is 17.7 Å². The summed E-state index contributed by atoms with van der Waals surface area (Å²) in [6.45, 7) is 0. The van der Waals surface area contributed by atoms with Crippen molar-refractivity contribution in [2.24, 2.45) is 5.10 Å². The number of aromatic nitrogens is 3. The minimum Gasteiger partial charge on any atom is -0.319 e. The Labute approximate surface area is 137 Å². The number of H-pyrrole nitrogens is 1. The van der Waals surface area contributed by atoms with Crippen LogP contribution in [0.4, 0.5) is 0 Å². The Hall–Kier alpha value is -3.35. The van der Waals surface area contributed by atoms with Gasteiger partial charge in [-0.25, -0.2) is 10.4 Å². The number of rotatable bonds is 5. The molecule has 0 spiro atoms. The summed E-state index contributed by atoms with van der Waals surface area (Å²) < 4.78 is 0. The largest absolute Gasteiger partial charge is 0.319 e. The molecule has 1 amide bonds. The molecular weight excluding hydrogens is 306 g/mol. The Morgan fingerprint density at radius 1 is 1.21 bits per heavy atom. The van der Waals surface area contributed by atoms with E-state index in [4.69, 9.17) is 0 Å². The van der Waals surface area contributed by atoms with Gasteiger partial charge in [0.1, 0.15) is 5.69 Å². The molecule has 7 heteroatoms. The van der Waals surface area contributed by atoms with Crippen molar-refractivity contribution in [3.63, 3.8) is 0 Å². The van der Waals surface area contributed by atoms with Crippen molar-refractivity contribution < 1.29 is 4.79 Å². The maximum absolute atomic E-state index is 12.0. The van der Waals surface area contributed by atoms with Crippen LogP contribution in [-0.2, 0) is 11.2 Å². The van der Waals surface area contributed by atoms with E-state index in [1.807, 2.05) is 18.2 Å². The molecule has 0 aliphatic rings. The van der Waals surface area contributed by atoms with E-state index in [2.05, 4.69) is 25.5 Å². The van der Waals surface area contributed by atoms with Crippen LogP contribution in [0.5, 0.6) is 0 Å². The second-order valence-corrected chi connectivity index (χ2v) is 5.10. The normalized spacial score (nSPS) is 11.0. The van der Waals surface area contributed by atoms with Crippen molar-refractivity contribution in [1.29, 1.82) is 0 Å². The zero-order chi connectivity index (χ0) is 16.8. The smallest absolute Gasteiger partial charge is 0.270 e. The molecular formula is C17H15N5O2. The Morgan fingerprint density at radius 3 is 2.83 bits per heavy atom. The maximum Gasteiger partial charge on any atom is 0.270 e. The SMILES string of the molecule is O=C(CCc1nc2ccccc2[nH]c1=O)N/N=C/c1ccncc1. The van der Waals surface area contributed by atoms with E-state index in [1.165, 1.54) is 6.21 Å². The molecule has 0 aliphatic carbocycles. The summed E-state index contributed by atoms with van der Waals surface area (Å²) in [7, 11) is 0. The van der Waals surface area contributed by atoms with Crippen LogP contribution < -0.4 is 11.0 Å². The molecule has 0 unspecified atom stereocenters. The van der Waals surface area contributed by atoms with Crippen LogP contribution in [0, 0.1) is 0 Å². The number of carbonyl (C=O) groups is 1. The van der Waals surface area contributed by atoms with Crippen LogP contribution in [0.3, 0.4) is 0 Å². The summed E-state index contributed by atoms with van der Waals surface area (Å²) >= 11 is 0. The average Bonchev–Trinajstić information content (AvgIpc) is 2.61. The number of nitrogens with zero attached hydrogens (tertiary/aromatic N) is 3. The first kappa shape index (κ1) is 15.5. The predicted octanol–water partition coefficient (Wildman–Crippen LogP) is 1.40. The lowest BCUT2D eigenvalue weighted by molar-refractivity contribution is -0.121. The van der Waals surface area contributed by atoms with Crippen LogP contribution >= 0.6 is 0 Å². The van der Waals surface area contributed by atoms with Gasteiger partial charge >= 0.3 is 0 Å². The van der Waals surface area contributed by atoms with Crippen molar-refractivity contribution in [1.82, 2.24) is 20.4 Å². The number of hydrogen-bond acceptors (Lipinski definition) is 5. The number of carbonyl (C=O) groups excluding carboxylic acids is 1. The van der Waals surface area contributed by atoms with E-state index >= 15 is 0 Å². The van der Waals surface area contributed by atoms with Crippen molar-refractivity contribution in [3.05, 3.63) is 70.4 Å². The van der Waals surface area contributed by atoms with Gasteiger partial charge < -0.3 is 4.98 Å². The summed E-state index contributed by atoms with van der Waals surface area (Å²) in [5.74, 6) is -0.283. The van der Waals surface area contributed by atoms with E-state index in [1.54, 1.807) is 30.6 Å². The molecule has 3 rings (SSSR count). The van der Waals surface area contributed by atoms with Crippen LogP contribution in [-0.4, -0.2) is 27.1 Å². The Morgan fingerprint density at radius 2 is 2.00 bits per heavy atom. The first-order valence-corrected chi connectivity index (χ1v) is 7.42. The number of aromatic amines is 1. The van der Waals surface area contributed by atoms with Gasteiger partial charge in [-0.3, -0.25) is 14.6 Å². The zero-order valence-corrected chi connectivity index (χ0v) is 12.8. The number of pyridine rings is 1. The second kappa shape index (κ2) is 7.28. The predicted molar refractivity (Wildman–Crippen MR) is 90.7 cm³/mol. The van der Waals surface area contributed by atoms with Gasteiger partial charge in [0.15, 0.2) is 0 Å². The number of benzene rings is 1. The first-order chi connectivity index (χ1) is 11.7. The van der Waals surface area contributed by atoms with E-state index in [-0.39, 0.29) is 24.3 Å². The molecule has 0 saturated carbocycles. The fraction of sp³-hybridized carbons (Fsp3) is 0.118. The van der Waals surface area contributed by atoms with Gasteiger partial charge in [0.25, 0.3) is 5.56 Å². The van der Waals surface area contributed by atoms with Crippen molar-refractivity contribution >= 4 is 23.2 Å². The summed E-state index contributed by atoms with van der Waals surface area (Å²) in [5.41, 5.74) is 4.69. The van der Waals surface area contributed by atoms with E-state index < -0.39 is 0 Å². The molecule has 0 radical (unpaired) electrons. The zero-order valence-electron chi connectivity index (χ0n) is 12.8. The fourth-order valence-corrected chi connectivity index (χ4v) is 2.15. The van der Waals surface area contributed by atoms with Crippen molar-refractivity contribution in [2.75, 3.05) is 0 Å². The van der Waals surface area contributed by atoms with Gasteiger partial charge in [-0.1, -0.05) is 12.1 Å². The summed E-state index contributed by atoms with van der Waals surface area (Å²) in [5, 5.41) is 3.87. The number of para-hydroxylation sites is 2. The maximum atomic E-state index is 12.0. The monoisotopic (exact) mass is 321 g/mol. The molecule has 1 aromatic carbocycles. The quantitative estimate of drug-likeness (QED) is 0.548. The van der Waals surface area contributed by atoms with E-state index in [0.717, 1.165) is 5.56 Å². The van der Waals surface area contributed by atoms with Gasteiger partial charge in [0.2, 0.25) is 5.91 Å². The molecule has 3 aromatic rings. The summed E-state index contributed by atoms with van der Waals surface area (Å²) in [6.07, 6.45) is 5.18. The summed E-state index contributed by atoms with van der Waals surface area (Å²) in [6, 6.07) is 10.8. The molecule has 24 heavy (non-hydrogen) atoms. The molecule has 0 atom stereocenters. The minimum atomic E-state index is -0.283. The first-order valence-electron chi connectivity index (χ1n) is 7.42. The number of nitrogens with one attached hydrogen (secondary N) is 2. The van der Waals surface area contributed by atoms with Gasteiger partial charge in [0.05, 0.1) is 17.2 Å². The number of aryl methyl sites for hydroxylation is 1. The van der Waals surface area contributed by atoms with Crippen LogP contribution in [0.25, 0.3) is 11.0 Å². The minimum absolute atomic E-state index is 0.127. The highest BCUT2D eigenvalue weighted by atomic mass is 16.2. The Kier molecular flexibility index (Phi) is 4.71. The Bertz CT molecular complexity index is 934. The van der Waals surface area contributed by atoms with E-state index in [9.17, 15) is 9.59 Å². The number of hydrazone groups is 1. The third kappa shape index (κ3) is 3.89. The third-order valence-electron chi connectivity index (χ3n) is 3.37. The Balaban J connectivity index is 1.59. The highest BCUT2D eigenvalue weighted by Gasteiger charge is 2.07. The van der Waals surface area contributed by atoms with Gasteiger partial charge in [-0.2, -0.15) is 5.10 Å². The van der Waals surface area contributed by atoms with E-state index in [0.29, 0.717) is 16.7 Å². The lowest BCUT2D eigenvalue weighted by Crippen LogP contribution is -2.21. The molecule has 7 nitrogen and oxygen atoms in total. The van der Waals surface area contributed by atoms with Gasteiger partial charge in [-0.15, -0.1) is 0 Å². The molecule has 2 heterocycles. The second-order valence-electron chi connectivity index (χ2n) is 5.10. The van der Waals surface area contributed by atoms with Gasteiger partial charge in [0, 0.05) is 25.2 Å². The third-order valence-corrected chi connectivity index (χ3v) is 3.37. The number of fused-ring (bicyclic) bond motifs is 1. The van der Waals surface area contributed by atoms with Crippen LogP contribution in [0.15, 0.2) is 58.7 Å². The molecule has 2 N–H and O–H groups in total. The van der Waals surface area contributed by atoms with Crippen molar-refractivity contribution in [3.8, 4) is 0 Å². The fourth-order valence-electron chi connectivity index (χ4n) is 2.15. The van der Waals surface area contributed by atoms with Gasteiger partial charge in [-0.05, 0) is 29.8 Å². The topological polar surface area (TPSA) is 100 Å². The average molecular weight is 321 g/mol. The lowest BCUT2D eigenvalue weighted by atomic mass is 10.2. The highest BCUT2D eigenvalue weighted by molar-refractivity contribution is 5.82.